The Hall–Kier alpha value is -1.65. The third-order valence-corrected chi connectivity index (χ3v) is 5.07. The number of nitrogens with zero attached hydrogens (tertiary/aromatic N) is 2. The topological polar surface area (TPSA) is 23.6 Å². The van der Waals surface area contributed by atoms with Gasteiger partial charge in [-0.3, -0.25) is 4.79 Å². The summed E-state index contributed by atoms with van der Waals surface area (Å²) in [6, 6.07) is 16.7. The van der Waals surface area contributed by atoms with E-state index >= 15 is 0 Å². The van der Waals surface area contributed by atoms with Crippen molar-refractivity contribution in [3.8, 4) is 0 Å². The summed E-state index contributed by atoms with van der Waals surface area (Å²) in [7, 11) is 4.13. The molecule has 2 aromatic carbocycles. The molecule has 0 saturated heterocycles. The number of hydrogen-bond donors (Lipinski definition) is 0. The Bertz CT molecular complexity index is 712. The van der Waals surface area contributed by atoms with Crippen LogP contribution in [0.25, 0.3) is 0 Å². The van der Waals surface area contributed by atoms with Crippen LogP contribution in [0.4, 0.5) is 0 Å². The van der Waals surface area contributed by atoms with Crippen LogP contribution < -0.4 is 0 Å². The summed E-state index contributed by atoms with van der Waals surface area (Å²) in [6.07, 6.45) is 1.39. The normalized spacial score (nSPS) is 17.0. The molecule has 0 saturated carbocycles. The molecule has 0 N–H and O–H groups in total. The van der Waals surface area contributed by atoms with Crippen LogP contribution in [0, 0.1) is 0 Å². The molecule has 3 rings (SSSR count). The van der Waals surface area contributed by atoms with Gasteiger partial charge in [0.1, 0.15) is 0 Å². The van der Waals surface area contributed by atoms with Crippen LogP contribution in [-0.2, 0) is 17.6 Å². The van der Waals surface area contributed by atoms with E-state index in [2.05, 4.69) is 64.1 Å². The molecule has 1 amide bonds. The van der Waals surface area contributed by atoms with Crippen molar-refractivity contribution in [3.63, 3.8) is 0 Å². The summed E-state index contributed by atoms with van der Waals surface area (Å²) in [4.78, 5) is 17.2. The largest absolute Gasteiger partial charge is 0.334 e. The molecular formula is C20H23BrN2O. The van der Waals surface area contributed by atoms with E-state index < -0.39 is 0 Å². The summed E-state index contributed by atoms with van der Waals surface area (Å²) in [5, 5.41) is 0. The number of carbonyl (C=O) groups excluding carboxylic acids is 1. The maximum Gasteiger partial charge on any atom is 0.227 e. The van der Waals surface area contributed by atoms with Crippen LogP contribution >= 0.6 is 15.9 Å². The first-order valence-corrected chi connectivity index (χ1v) is 9.10. The SMILES string of the molecule is CN(C)CC1c2ccccc2CCN1C(=O)Cc1ccc(Br)cc1. The second-order valence-electron chi connectivity index (χ2n) is 6.62. The van der Waals surface area contributed by atoms with Gasteiger partial charge in [-0.05, 0) is 49.3 Å². The maximum absolute atomic E-state index is 12.9. The Morgan fingerprint density at radius 1 is 1.17 bits per heavy atom. The Morgan fingerprint density at radius 2 is 1.88 bits per heavy atom. The molecule has 1 unspecified atom stereocenters. The second-order valence-corrected chi connectivity index (χ2v) is 7.53. The molecule has 0 bridgehead atoms. The van der Waals surface area contributed by atoms with Gasteiger partial charge in [-0.2, -0.15) is 0 Å². The Balaban J connectivity index is 1.82. The lowest BCUT2D eigenvalue weighted by atomic mass is 9.91. The van der Waals surface area contributed by atoms with Gasteiger partial charge in [-0.1, -0.05) is 52.3 Å². The molecule has 4 heteroatoms. The van der Waals surface area contributed by atoms with Crippen molar-refractivity contribution in [1.82, 2.24) is 9.80 Å². The monoisotopic (exact) mass is 386 g/mol. The number of hydrogen-bond acceptors (Lipinski definition) is 2. The lowest BCUT2D eigenvalue weighted by molar-refractivity contribution is -0.133. The van der Waals surface area contributed by atoms with Gasteiger partial charge in [-0.15, -0.1) is 0 Å². The average Bonchev–Trinajstić information content (AvgIpc) is 2.56. The molecule has 0 aromatic heterocycles. The van der Waals surface area contributed by atoms with Crippen LogP contribution in [0.5, 0.6) is 0 Å². The van der Waals surface area contributed by atoms with Gasteiger partial charge in [0.25, 0.3) is 0 Å². The first kappa shape index (κ1) is 17.2. The van der Waals surface area contributed by atoms with Crippen LogP contribution in [0.1, 0.15) is 22.7 Å². The molecule has 1 aliphatic rings. The predicted octanol–water partition coefficient (Wildman–Crippen LogP) is 3.68. The average molecular weight is 387 g/mol. The standard InChI is InChI=1S/C20H23BrN2O/c1-22(2)14-19-18-6-4-3-5-16(18)11-12-23(19)20(24)13-15-7-9-17(21)10-8-15/h3-10,19H,11-14H2,1-2H3. The number of rotatable bonds is 4. The molecule has 0 spiro atoms. The first-order valence-electron chi connectivity index (χ1n) is 8.31. The van der Waals surface area contributed by atoms with Crippen molar-refractivity contribution in [2.45, 2.75) is 18.9 Å². The van der Waals surface area contributed by atoms with E-state index in [1.165, 1.54) is 11.1 Å². The van der Waals surface area contributed by atoms with Gasteiger partial charge in [0.15, 0.2) is 0 Å². The summed E-state index contributed by atoms with van der Waals surface area (Å²) in [6.45, 7) is 1.65. The van der Waals surface area contributed by atoms with E-state index in [-0.39, 0.29) is 11.9 Å². The van der Waals surface area contributed by atoms with Gasteiger partial charge in [0.05, 0.1) is 12.5 Å². The highest BCUT2D eigenvalue weighted by Crippen LogP contribution is 2.30. The fourth-order valence-electron chi connectivity index (χ4n) is 3.37. The first-order chi connectivity index (χ1) is 11.5. The summed E-state index contributed by atoms with van der Waals surface area (Å²) >= 11 is 3.44. The number of amides is 1. The number of carbonyl (C=O) groups is 1. The molecule has 0 radical (unpaired) electrons. The summed E-state index contributed by atoms with van der Waals surface area (Å²) < 4.78 is 1.04. The highest BCUT2D eigenvalue weighted by atomic mass is 79.9. The molecule has 1 atom stereocenters. The minimum atomic E-state index is 0.132. The zero-order chi connectivity index (χ0) is 17.1. The smallest absolute Gasteiger partial charge is 0.227 e. The predicted molar refractivity (Wildman–Crippen MR) is 101 cm³/mol. The van der Waals surface area contributed by atoms with E-state index in [0.717, 1.165) is 29.5 Å². The van der Waals surface area contributed by atoms with Crippen molar-refractivity contribution in [3.05, 3.63) is 69.7 Å². The molecule has 2 aromatic rings. The van der Waals surface area contributed by atoms with Gasteiger partial charge in [0.2, 0.25) is 5.91 Å². The lowest BCUT2D eigenvalue weighted by Crippen LogP contribution is -2.44. The van der Waals surface area contributed by atoms with Crippen molar-refractivity contribution >= 4 is 21.8 Å². The quantitative estimate of drug-likeness (QED) is 0.799. The molecule has 3 nitrogen and oxygen atoms in total. The highest BCUT2D eigenvalue weighted by molar-refractivity contribution is 9.10. The highest BCUT2D eigenvalue weighted by Gasteiger charge is 2.30. The van der Waals surface area contributed by atoms with Gasteiger partial charge in [-0.25, -0.2) is 0 Å². The number of halogens is 1. The van der Waals surface area contributed by atoms with Crippen LogP contribution in [-0.4, -0.2) is 42.9 Å². The molecule has 1 heterocycles. The molecule has 1 aliphatic heterocycles. The van der Waals surface area contributed by atoms with Crippen molar-refractivity contribution in [2.24, 2.45) is 0 Å². The Labute approximate surface area is 152 Å². The minimum absolute atomic E-state index is 0.132. The van der Waals surface area contributed by atoms with Crippen molar-refractivity contribution in [1.29, 1.82) is 0 Å². The Morgan fingerprint density at radius 3 is 2.58 bits per heavy atom. The van der Waals surface area contributed by atoms with Crippen molar-refractivity contribution < 1.29 is 4.79 Å². The minimum Gasteiger partial charge on any atom is -0.334 e. The van der Waals surface area contributed by atoms with E-state index in [1.54, 1.807) is 0 Å². The zero-order valence-electron chi connectivity index (χ0n) is 14.2. The van der Waals surface area contributed by atoms with Gasteiger partial charge < -0.3 is 9.80 Å². The third kappa shape index (κ3) is 3.87. The van der Waals surface area contributed by atoms with E-state index in [4.69, 9.17) is 0 Å². The van der Waals surface area contributed by atoms with Crippen molar-refractivity contribution in [2.75, 3.05) is 27.2 Å². The molecular weight excluding hydrogens is 364 g/mol. The molecule has 24 heavy (non-hydrogen) atoms. The molecule has 126 valence electrons. The summed E-state index contributed by atoms with van der Waals surface area (Å²) in [5.74, 6) is 0.207. The number of likely N-dealkylation sites (N-methyl/N-ethyl adjacent to an activating group) is 1. The van der Waals surface area contributed by atoms with Crippen LogP contribution in [0.2, 0.25) is 0 Å². The fourth-order valence-corrected chi connectivity index (χ4v) is 3.64. The van der Waals surface area contributed by atoms with E-state index in [9.17, 15) is 4.79 Å². The summed E-state index contributed by atoms with van der Waals surface area (Å²) in [5.41, 5.74) is 3.73. The lowest BCUT2D eigenvalue weighted by Gasteiger charge is -2.39. The third-order valence-electron chi connectivity index (χ3n) is 4.54. The van der Waals surface area contributed by atoms with Crippen LogP contribution in [0.15, 0.2) is 53.0 Å². The molecule has 0 aliphatic carbocycles. The van der Waals surface area contributed by atoms with E-state index in [1.807, 2.05) is 24.3 Å². The molecule has 0 fully saturated rings. The number of benzene rings is 2. The van der Waals surface area contributed by atoms with Gasteiger partial charge in [0, 0.05) is 17.6 Å². The van der Waals surface area contributed by atoms with E-state index in [0.29, 0.717) is 6.42 Å². The zero-order valence-corrected chi connectivity index (χ0v) is 15.8. The Kier molecular flexibility index (Phi) is 5.36. The number of fused-ring (bicyclic) bond motifs is 1. The second kappa shape index (κ2) is 7.49. The fraction of sp³-hybridized carbons (Fsp3) is 0.350. The van der Waals surface area contributed by atoms with Crippen LogP contribution in [0.3, 0.4) is 0 Å². The van der Waals surface area contributed by atoms with Gasteiger partial charge >= 0.3 is 0 Å². The maximum atomic E-state index is 12.9.